The highest BCUT2D eigenvalue weighted by molar-refractivity contribution is 5.83. The second-order valence-corrected chi connectivity index (χ2v) is 6.39. The van der Waals surface area contributed by atoms with Gasteiger partial charge in [0.15, 0.2) is 0 Å². The first-order valence-corrected chi connectivity index (χ1v) is 9.00. The number of ether oxygens (including phenoxy) is 1. The highest BCUT2D eigenvalue weighted by Gasteiger charge is 1.96. The molecule has 0 aliphatic carbocycles. The van der Waals surface area contributed by atoms with Crippen molar-refractivity contribution in [2.45, 2.75) is 60.3 Å². The summed E-state index contributed by atoms with van der Waals surface area (Å²) in [5.74, 6) is -0.329. The zero-order valence-corrected chi connectivity index (χ0v) is 16.5. The van der Waals surface area contributed by atoms with Crippen molar-refractivity contribution in [2.75, 3.05) is 13.2 Å². The molecule has 0 saturated heterocycles. The third-order valence-electron chi connectivity index (χ3n) is 3.58. The third-order valence-corrected chi connectivity index (χ3v) is 3.58. The molecule has 0 heterocycles. The van der Waals surface area contributed by atoms with E-state index in [-0.39, 0.29) is 12.6 Å². The van der Waals surface area contributed by atoms with Gasteiger partial charge in [-0.05, 0) is 71.4 Å². The topological polar surface area (TPSA) is 46.5 Å². The molecule has 0 atom stereocenters. The number of hydrogen-bond acceptors (Lipinski definition) is 3. The van der Waals surface area contributed by atoms with E-state index >= 15 is 0 Å². The Bertz CT molecular complexity index is 542. The van der Waals surface area contributed by atoms with Crippen LogP contribution >= 0.6 is 0 Å². The minimum absolute atomic E-state index is 0.0512. The number of allylic oxidation sites excluding steroid dienone is 8. The average Bonchev–Trinajstić information content (AvgIpc) is 2.53. The normalized spacial score (nSPS) is 13.3. The van der Waals surface area contributed by atoms with Gasteiger partial charge in [0.1, 0.15) is 0 Å². The lowest BCUT2D eigenvalue weighted by atomic mass is 10.1. The van der Waals surface area contributed by atoms with E-state index in [4.69, 9.17) is 4.74 Å². The molecule has 3 nitrogen and oxygen atoms in total. The van der Waals surface area contributed by atoms with Crippen LogP contribution in [0.2, 0.25) is 0 Å². The van der Waals surface area contributed by atoms with Gasteiger partial charge in [-0.15, -0.1) is 0 Å². The maximum Gasteiger partial charge on any atom is 0.330 e. The van der Waals surface area contributed by atoms with Crippen LogP contribution in [0.1, 0.15) is 60.3 Å². The summed E-state index contributed by atoms with van der Waals surface area (Å²) < 4.78 is 4.86. The zero-order chi connectivity index (χ0) is 19.1. The van der Waals surface area contributed by atoms with Crippen LogP contribution in [0.5, 0.6) is 0 Å². The van der Waals surface area contributed by atoms with E-state index < -0.39 is 0 Å². The van der Waals surface area contributed by atoms with E-state index in [1.165, 1.54) is 17.2 Å². The largest absolute Gasteiger partial charge is 0.463 e. The Labute approximate surface area is 153 Å². The fourth-order valence-electron chi connectivity index (χ4n) is 2.16. The lowest BCUT2D eigenvalue weighted by Gasteiger charge is -2.02. The summed E-state index contributed by atoms with van der Waals surface area (Å²) >= 11 is 0. The molecule has 140 valence electrons. The molecule has 0 unspecified atom stereocenters. The first-order chi connectivity index (χ1) is 11.9. The summed E-state index contributed by atoms with van der Waals surface area (Å²) in [4.78, 5) is 11.3. The third kappa shape index (κ3) is 14.2. The number of aliphatic hydroxyl groups is 1. The van der Waals surface area contributed by atoms with Gasteiger partial charge in [-0.3, -0.25) is 0 Å². The predicted molar refractivity (Wildman–Crippen MR) is 106 cm³/mol. The second-order valence-electron chi connectivity index (χ2n) is 6.39. The van der Waals surface area contributed by atoms with Gasteiger partial charge in [0.2, 0.25) is 0 Å². The van der Waals surface area contributed by atoms with Crippen molar-refractivity contribution < 1.29 is 14.6 Å². The van der Waals surface area contributed by atoms with Gasteiger partial charge in [-0.1, -0.05) is 41.5 Å². The first kappa shape index (κ1) is 23.1. The maximum atomic E-state index is 11.3. The number of carbonyl (C=O) groups excluding carboxylic acids is 1. The van der Waals surface area contributed by atoms with Gasteiger partial charge in [-0.2, -0.15) is 0 Å². The molecule has 0 aromatic carbocycles. The van der Waals surface area contributed by atoms with Crippen LogP contribution < -0.4 is 0 Å². The minimum atomic E-state index is -0.329. The Hall–Kier alpha value is -1.87. The van der Waals surface area contributed by atoms with Crippen LogP contribution in [0.25, 0.3) is 0 Å². The van der Waals surface area contributed by atoms with Crippen molar-refractivity contribution in [3.05, 3.63) is 58.7 Å². The maximum absolute atomic E-state index is 11.3. The summed E-state index contributed by atoms with van der Waals surface area (Å²) in [5.41, 5.74) is 4.55. The number of esters is 1. The Morgan fingerprint density at radius 2 is 1.72 bits per heavy atom. The molecule has 3 heteroatoms. The van der Waals surface area contributed by atoms with Gasteiger partial charge in [-0.25, -0.2) is 4.79 Å². The molecule has 0 aliphatic rings. The monoisotopic (exact) mass is 346 g/mol. The fourth-order valence-corrected chi connectivity index (χ4v) is 2.16. The van der Waals surface area contributed by atoms with E-state index in [1.54, 1.807) is 6.92 Å². The number of aliphatic hydroxyl groups excluding tert-OH is 1. The van der Waals surface area contributed by atoms with E-state index in [2.05, 4.69) is 32.9 Å². The summed E-state index contributed by atoms with van der Waals surface area (Å²) in [7, 11) is 0. The standard InChI is InChI=1S/C22H34O3/c1-6-25-22(24)16-20(5)13-9-15-21(17-23)14-8-12-19(4)11-7-10-18(2)3/h9-10,12-13,15-16,23H,6-8,11,14,17H2,1-5H3. The van der Waals surface area contributed by atoms with Crippen LogP contribution in [0, 0.1) is 0 Å². The molecule has 25 heavy (non-hydrogen) atoms. The molecule has 0 spiro atoms. The Morgan fingerprint density at radius 1 is 1.04 bits per heavy atom. The molecular weight excluding hydrogens is 312 g/mol. The van der Waals surface area contributed by atoms with Crippen LogP contribution in [0.3, 0.4) is 0 Å². The lowest BCUT2D eigenvalue weighted by Crippen LogP contribution is -1.99. The summed E-state index contributed by atoms with van der Waals surface area (Å²) in [6.07, 6.45) is 15.5. The van der Waals surface area contributed by atoms with Gasteiger partial charge >= 0.3 is 5.97 Å². The van der Waals surface area contributed by atoms with Crippen molar-refractivity contribution in [2.24, 2.45) is 0 Å². The van der Waals surface area contributed by atoms with Crippen LogP contribution in [-0.4, -0.2) is 24.3 Å². The van der Waals surface area contributed by atoms with Crippen molar-refractivity contribution >= 4 is 5.97 Å². The molecule has 0 rings (SSSR count). The quantitative estimate of drug-likeness (QED) is 0.234. The highest BCUT2D eigenvalue weighted by Crippen LogP contribution is 2.11. The molecule has 0 aromatic rings. The number of hydrogen-bond donors (Lipinski definition) is 1. The Kier molecular flexibility index (Phi) is 13.4. The molecule has 0 amide bonds. The second kappa shape index (κ2) is 14.5. The number of carbonyl (C=O) groups is 1. The lowest BCUT2D eigenvalue weighted by molar-refractivity contribution is -0.137. The van der Waals surface area contributed by atoms with Crippen molar-refractivity contribution in [3.63, 3.8) is 0 Å². The summed E-state index contributed by atoms with van der Waals surface area (Å²) in [6.45, 7) is 10.5. The zero-order valence-electron chi connectivity index (χ0n) is 16.5. The van der Waals surface area contributed by atoms with Gasteiger partial charge in [0.05, 0.1) is 13.2 Å². The Morgan fingerprint density at radius 3 is 2.32 bits per heavy atom. The Balaban J connectivity index is 4.44. The molecule has 0 saturated carbocycles. The van der Waals surface area contributed by atoms with Crippen molar-refractivity contribution in [3.8, 4) is 0 Å². The first-order valence-electron chi connectivity index (χ1n) is 9.00. The van der Waals surface area contributed by atoms with Gasteiger partial charge in [0, 0.05) is 6.08 Å². The van der Waals surface area contributed by atoms with E-state index in [0.717, 1.165) is 36.8 Å². The fraction of sp³-hybridized carbons (Fsp3) is 0.500. The van der Waals surface area contributed by atoms with Gasteiger partial charge < -0.3 is 9.84 Å². The minimum Gasteiger partial charge on any atom is -0.463 e. The SMILES string of the molecule is CCOC(=O)C=C(C)C=CC=C(CO)CCC=C(C)CCC=C(C)C. The average molecular weight is 347 g/mol. The molecule has 0 aliphatic heterocycles. The summed E-state index contributed by atoms with van der Waals surface area (Å²) in [6, 6.07) is 0. The smallest absolute Gasteiger partial charge is 0.330 e. The molecule has 0 radical (unpaired) electrons. The van der Waals surface area contributed by atoms with Gasteiger partial charge in [0.25, 0.3) is 0 Å². The van der Waals surface area contributed by atoms with Crippen LogP contribution in [0.15, 0.2) is 58.7 Å². The van der Waals surface area contributed by atoms with Crippen LogP contribution in [0.4, 0.5) is 0 Å². The molecule has 0 fully saturated rings. The molecule has 0 aromatic heterocycles. The van der Waals surface area contributed by atoms with E-state index in [1.807, 2.05) is 25.2 Å². The molecular formula is C22H34O3. The van der Waals surface area contributed by atoms with E-state index in [0.29, 0.717) is 6.61 Å². The molecule has 1 N–H and O–H groups in total. The van der Waals surface area contributed by atoms with E-state index in [9.17, 15) is 9.90 Å². The predicted octanol–water partition coefficient (Wildman–Crippen LogP) is 5.44. The van der Waals surface area contributed by atoms with Crippen molar-refractivity contribution in [1.82, 2.24) is 0 Å². The van der Waals surface area contributed by atoms with Crippen molar-refractivity contribution in [1.29, 1.82) is 0 Å². The van der Waals surface area contributed by atoms with Crippen LogP contribution in [-0.2, 0) is 9.53 Å². The summed E-state index contributed by atoms with van der Waals surface area (Å²) in [5, 5.41) is 9.46. The number of rotatable bonds is 11. The molecule has 0 bridgehead atoms. The highest BCUT2D eigenvalue weighted by atomic mass is 16.5.